The highest BCUT2D eigenvalue weighted by molar-refractivity contribution is 5.94. The summed E-state index contributed by atoms with van der Waals surface area (Å²) in [7, 11) is 0. The first-order valence-corrected chi connectivity index (χ1v) is 7.24. The average molecular weight is 280 g/mol. The first-order valence-electron chi connectivity index (χ1n) is 7.24. The third kappa shape index (κ3) is 4.28. The van der Waals surface area contributed by atoms with Crippen molar-refractivity contribution in [3.05, 3.63) is 70.8 Å². The molecule has 1 amide bonds. The highest BCUT2D eigenvalue weighted by atomic mass is 16.2. The molecule has 0 aliphatic heterocycles. The number of nitrogens with one attached hydrogen (secondary N) is 1. The Kier molecular flexibility index (Phi) is 5.27. The van der Waals surface area contributed by atoms with Crippen LogP contribution >= 0.6 is 0 Å². The molecule has 0 heterocycles. The Hall–Kier alpha value is -2.42. The van der Waals surface area contributed by atoms with Crippen LogP contribution in [0.4, 0.5) is 0 Å². The first kappa shape index (κ1) is 15.0. The van der Waals surface area contributed by atoms with Gasteiger partial charge >= 0.3 is 0 Å². The highest BCUT2D eigenvalue weighted by Crippen LogP contribution is 2.05. The molecule has 2 rings (SSSR count). The number of amides is 1. The van der Waals surface area contributed by atoms with Gasteiger partial charge in [0.2, 0.25) is 0 Å². The molecule has 0 bridgehead atoms. The van der Waals surface area contributed by atoms with Crippen LogP contribution in [0.1, 0.15) is 40.9 Å². The van der Waals surface area contributed by atoms with Gasteiger partial charge in [0.25, 0.3) is 5.91 Å². The Morgan fingerprint density at radius 3 is 2.00 bits per heavy atom. The lowest BCUT2D eigenvalue weighted by molar-refractivity contribution is 0.0955. The molecule has 0 spiro atoms. The van der Waals surface area contributed by atoms with Crippen LogP contribution in [0.3, 0.4) is 0 Å². The predicted octanol–water partition coefficient (Wildman–Crippen LogP) is 3.58. The minimum Gasteiger partial charge on any atom is -0.267 e. The Morgan fingerprint density at radius 2 is 1.48 bits per heavy atom. The van der Waals surface area contributed by atoms with Crippen LogP contribution in [-0.2, 0) is 12.8 Å². The van der Waals surface area contributed by atoms with E-state index in [1.165, 1.54) is 11.1 Å². The van der Waals surface area contributed by atoms with Crippen molar-refractivity contribution in [1.29, 1.82) is 0 Å². The molecule has 0 aliphatic rings. The molecule has 3 nitrogen and oxygen atoms in total. The second-order valence-corrected chi connectivity index (χ2v) is 4.84. The van der Waals surface area contributed by atoms with Gasteiger partial charge in [0, 0.05) is 5.56 Å². The third-order valence-electron chi connectivity index (χ3n) is 3.39. The predicted molar refractivity (Wildman–Crippen MR) is 86.7 cm³/mol. The molecule has 2 aromatic rings. The van der Waals surface area contributed by atoms with Crippen LogP contribution in [0.5, 0.6) is 0 Å². The number of hydrazone groups is 1. The number of nitrogens with zero attached hydrogens (tertiary/aromatic N) is 1. The Bertz CT molecular complexity index is 613. The molecule has 3 heteroatoms. The summed E-state index contributed by atoms with van der Waals surface area (Å²) >= 11 is 0. The molecule has 0 radical (unpaired) electrons. The Morgan fingerprint density at radius 1 is 0.952 bits per heavy atom. The lowest BCUT2D eigenvalue weighted by Gasteiger charge is -2.01. The second-order valence-electron chi connectivity index (χ2n) is 4.84. The normalized spacial score (nSPS) is 10.8. The Labute approximate surface area is 125 Å². The van der Waals surface area contributed by atoms with Crippen molar-refractivity contribution in [2.24, 2.45) is 5.10 Å². The summed E-state index contributed by atoms with van der Waals surface area (Å²) in [6.07, 6.45) is 3.63. The standard InChI is InChI=1S/C18H20N2O/c1-3-14-5-7-16(8-6-14)13-19-20-18(21)17-11-9-15(4-2)10-12-17/h5-13H,3-4H2,1-2H3,(H,20,21)/b19-13-. The molecule has 21 heavy (non-hydrogen) atoms. The lowest BCUT2D eigenvalue weighted by atomic mass is 10.1. The third-order valence-corrected chi connectivity index (χ3v) is 3.39. The molecule has 0 atom stereocenters. The monoisotopic (exact) mass is 280 g/mol. The largest absolute Gasteiger partial charge is 0.271 e. The van der Waals surface area contributed by atoms with Crippen molar-refractivity contribution >= 4 is 12.1 Å². The fourth-order valence-electron chi connectivity index (χ4n) is 1.96. The topological polar surface area (TPSA) is 41.5 Å². The average Bonchev–Trinajstić information content (AvgIpc) is 2.55. The number of hydrogen-bond acceptors (Lipinski definition) is 2. The minimum atomic E-state index is -0.195. The number of rotatable bonds is 5. The molecule has 0 unspecified atom stereocenters. The van der Waals surface area contributed by atoms with Gasteiger partial charge in [-0.2, -0.15) is 5.10 Å². The summed E-state index contributed by atoms with van der Waals surface area (Å²) in [5, 5.41) is 3.99. The van der Waals surface area contributed by atoms with Gasteiger partial charge < -0.3 is 0 Å². The number of carbonyl (C=O) groups excluding carboxylic acids is 1. The van der Waals surface area contributed by atoms with E-state index in [9.17, 15) is 4.79 Å². The van der Waals surface area contributed by atoms with Gasteiger partial charge in [-0.1, -0.05) is 50.2 Å². The van der Waals surface area contributed by atoms with E-state index in [4.69, 9.17) is 0 Å². The van der Waals surface area contributed by atoms with E-state index in [0.717, 1.165) is 18.4 Å². The van der Waals surface area contributed by atoms with Gasteiger partial charge in [-0.15, -0.1) is 0 Å². The first-order chi connectivity index (χ1) is 10.2. The van der Waals surface area contributed by atoms with E-state index in [2.05, 4.69) is 36.5 Å². The molecule has 0 saturated heterocycles. The van der Waals surface area contributed by atoms with Gasteiger partial charge in [0.05, 0.1) is 6.21 Å². The maximum Gasteiger partial charge on any atom is 0.271 e. The minimum absolute atomic E-state index is 0.195. The molecule has 0 saturated carbocycles. The van der Waals surface area contributed by atoms with E-state index >= 15 is 0 Å². The van der Waals surface area contributed by atoms with Crippen LogP contribution in [-0.4, -0.2) is 12.1 Å². The number of benzene rings is 2. The molecule has 0 fully saturated rings. The number of hydrogen-bond donors (Lipinski definition) is 1. The summed E-state index contributed by atoms with van der Waals surface area (Å²) < 4.78 is 0. The van der Waals surface area contributed by atoms with Gasteiger partial charge in [0.1, 0.15) is 0 Å². The number of aryl methyl sites for hydroxylation is 2. The zero-order valence-electron chi connectivity index (χ0n) is 12.5. The molecule has 1 N–H and O–H groups in total. The maximum atomic E-state index is 11.9. The highest BCUT2D eigenvalue weighted by Gasteiger charge is 2.03. The van der Waals surface area contributed by atoms with Crippen molar-refractivity contribution in [2.75, 3.05) is 0 Å². The second kappa shape index (κ2) is 7.39. The smallest absolute Gasteiger partial charge is 0.267 e. The van der Waals surface area contributed by atoms with Gasteiger partial charge in [-0.25, -0.2) is 5.43 Å². The Balaban J connectivity index is 1.94. The summed E-state index contributed by atoms with van der Waals surface area (Å²) in [4.78, 5) is 11.9. The molecular weight excluding hydrogens is 260 g/mol. The summed E-state index contributed by atoms with van der Waals surface area (Å²) in [6, 6.07) is 15.7. The summed E-state index contributed by atoms with van der Waals surface area (Å²) in [6.45, 7) is 4.20. The zero-order chi connectivity index (χ0) is 15.1. The summed E-state index contributed by atoms with van der Waals surface area (Å²) in [5.74, 6) is -0.195. The van der Waals surface area contributed by atoms with Crippen LogP contribution in [0, 0.1) is 0 Å². The fraction of sp³-hybridized carbons (Fsp3) is 0.222. The maximum absolute atomic E-state index is 11.9. The van der Waals surface area contributed by atoms with Crippen LogP contribution in [0.15, 0.2) is 53.6 Å². The van der Waals surface area contributed by atoms with Crippen molar-refractivity contribution < 1.29 is 4.79 Å². The van der Waals surface area contributed by atoms with E-state index < -0.39 is 0 Å². The van der Waals surface area contributed by atoms with E-state index in [1.807, 2.05) is 36.4 Å². The van der Waals surface area contributed by atoms with E-state index in [1.54, 1.807) is 6.21 Å². The van der Waals surface area contributed by atoms with Crippen molar-refractivity contribution in [2.45, 2.75) is 26.7 Å². The SMILES string of the molecule is CCc1ccc(/C=N\NC(=O)c2ccc(CC)cc2)cc1. The van der Waals surface area contributed by atoms with Crippen LogP contribution in [0.2, 0.25) is 0 Å². The number of carbonyl (C=O) groups is 1. The van der Waals surface area contributed by atoms with Gasteiger partial charge in [-0.3, -0.25) is 4.79 Å². The van der Waals surface area contributed by atoms with E-state index in [0.29, 0.717) is 5.56 Å². The van der Waals surface area contributed by atoms with Gasteiger partial charge in [0.15, 0.2) is 0 Å². The quantitative estimate of drug-likeness (QED) is 0.660. The fourth-order valence-corrected chi connectivity index (χ4v) is 1.96. The van der Waals surface area contributed by atoms with Gasteiger partial charge in [-0.05, 0) is 41.7 Å². The molecule has 2 aromatic carbocycles. The molecule has 108 valence electrons. The summed E-state index contributed by atoms with van der Waals surface area (Å²) in [5.41, 5.74) is 6.63. The molecule has 0 aromatic heterocycles. The zero-order valence-corrected chi connectivity index (χ0v) is 12.5. The van der Waals surface area contributed by atoms with Crippen molar-refractivity contribution in [3.63, 3.8) is 0 Å². The molecular formula is C18H20N2O. The van der Waals surface area contributed by atoms with Crippen molar-refractivity contribution in [3.8, 4) is 0 Å². The van der Waals surface area contributed by atoms with Crippen molar-refractivity contribution in [1.82, 2.24) is 5.43 Å². The lowest BCUT2D eigenvalue weighted by Crippen LogP contribution is -2.17. The van der Waals surface area contributed by atoms with Crippen LogP contribution < -0.4 is 5.43 Å². The van der Waals surface area contributed by atoms with E-state index in [-0.39, 0.29) is 5.91 Å². The van der Waals surface area contributed by atoms with Crippen LogP contribution in [0.25, 0.3) is 0 Å². The molecule has 0 aliphatic carbocycles.